The monoisotopic (exact) mass is 413 g/mol. The zero-order valence-electron chi connectivity index (χ0n) is 15.2. The fourth-order valence-electron chi connectivity index (χ4n) is 2.84. The fourth-order valence-corrected chi connectivity index (χ4v) is 2.84. The molecule has 0 aliphatic rings. The van der Waals surface area contributed by atoms with Crippen molar-refractivity contribution in [2.45, 2.75) is 6.36 Å². The molecular formula is C20H14F3N5O2. The number of para-hydroxylation sites is 3. The minimum absolute atomic E-state index is 0.0723. The second-order valence-corrected chi connectivity index (χ2v) is 6.10. The molecule has 30 heavy (non-hydrogen) atoms. The van der Waals surface area contributed by atoms with E-state index in [1.54, 1.807) is 53.4 Å². The van der Waals surface area contributed by atoms with E-state index in [0.29, 0.717) is 11.5 Å². The molecule has 10 heteroatoms. The van der Waals surface area contributed by atoms with E-state index in [1.807, 2.05) is 6.07 Å². The van der Waals surface area contributed by atoms with Crippen molar-refractivity contribution in [3.8, 4) is 17.3 Å². The van der Waals surface area contributed by atoms with Crippen LogP contribution in [0.5, 0.6) is 5.75 Å². The third-order valence-electron chi connectivity index (χ3n) is 4.07. The fraction of sp³-hybridized carbons (Fsp3) is 0.0500. The highest BCUT2D eigenvalue weighted by Crippen LogP contribution is 2.30. The van der Waals surface area contributed by atoms with E-state index in [1.165, 1.54) is 22.9 Å². The number of aromatic nitrogens is 4. The summed E-state index contributed by atoms with van der Waals surface area (Å²) in [6.45, 7) is 0. The number of ether oxygens (including phenoxy) is 1. The standard InChI is InChI=1S/C20H14F3N5O2/c21-20(22,23)30-16-11-5-4-10-15(16)24-18(29)17-19(27-12-6-7-13-27)28(26-25-17)14-8-2-1-3-9-14/h1-13H,(H,24,29). The first-order chi connectivity index (χ1) is 14.4. The van der Waals surface area contributed by atoms with Crippen LogP contribution in [0.15, 0.2) is 79.1 Å². The first-order valence-corrected chi connectivity index (χ1v) is 8.73. The normalized spacial score (nSPS) is 11.3. The van der Waals surface area contributed by atoms with Crippen molar-refractivity contribution >= 4 is 11.6 Å². The third-order valence-corrected chi connectivity index (χ3v) is 4.07. The number of anilines is 1. The maximum Gasteiger partial charge on any atom is 0.573 e. The van der Waals surface area contributed by atoms with Gasteiger partial charge in [0.15, 0.2) is 17.3 Å². The van der Waals surface area contributed by atoms with Crippen molar-refractivity contribution in [3.63, 3.8) is 0 Å². The van der Waals surface area contributed by atoms with Crippen molar-refractivity contribution < 1.29 is 22.7 Å². The summed E-state index contributed by atoms with van der Waals surface area (Å²) in [4.78, 5) is 12.9. The van der Waals surface area contributed by atoms with Crippen LogP contribution < -0.4 is 10.1 Å². The number of halogens is 3. The molecule has 4 rings (SSSR count). The zero-order chi connectivity index (χ0) is 21.1. The molecule has 1 N–H and O–H groups in total. The molecule has 7 nitrogen and oxygen atoms in total. The molecule has 0 unspecified atom stereocenters. The molecule has 0 spiro atoms. The number of carbonyl (C=O) groups is 1. The van der Waals surface area contributed by atoms with Crippen LogP contribution in [0, 0.1) is 0 Å². The van der Waals surface area contributed by atoms with E-state index in [-0.39, 0.29) is 11.4 Å². The largest absolute Gasteiger partial charge is 0.573 e. The number of alkyl halides is 3. The van der Waals surface area contributed by atoms with Crippen LogP contribution in [-0.2, 0) is 0 Å². The predicted octanol–water partition coefficient (Wildman–Crippen LogP) is 4.21. The summed E-state index contributed by atoms with van der Waals surface area (Å²) < 4.78 is 45.1. The van der Waals surface area contributed by atoms with E-state index in [9.17, 15) is 18.0 Å². The molecule has 0 aliphatic heterocycles. The van der Waals surface area contributed by atoms with Gasteiger partial charge in [0.25, 0.3) is 5.91 Å². The molecule has 0 saturated carbocycles. The second-order valence-electron chi connectivity index (χ2n) is 6.10. The topological polar surface area (TPSA) is 74.0 Å². The Morgan fingerprint density at radius 1 is 0.933 bits per heavy atom. The Hall–Kier alpha value is -4.08. The van der Waals surface area contributed by atoms with Gasteiger partial charge in [-0.2, -0.15) is 4.68 Å². The summed E-state index contributed by atoms with van der Waals surface area (Å²) >= 11 is 0. The maximum atomic E-state index is 12.9. The van der Waals surface area contributed by atoms with Gasteiger partial charge in [-0.15, -0.1) is 18.3 Å². The van der Waals surface area contributed by atoms with Crippen LogP contribution in [0.1, 0.15) is 10.5 Å². The number of carbonyl (C=O) groups excluding carboxylic acids is 1. The Bertz CT molecular complexity index is 1150. The molecule has 0 atom stereocenters. The molecule has 0 bridgehead atoms. The lowest BCUT2D eigenvalue weighted by atomic mass is 10.2. The van der Waals surface area contributed by atoms with Gasteiger partial charge in [-0.3, -0.25) is 4.79 Å². The molecule has 152 valence electrons. The van der Waals surface area contributed by atoms with Gasteiger partial charge in [-0.25, -0.2) is 0 Å². The van der Waals surface area contributed by atoms with E-state index in [0.717, 1.165) is 6.07 Å². The van der Waals surface area contributed by atoms with Gasteiger partial charge in [-0.05, 0) is 36.4 Å². The average Bonchev–Trinajstić information content (AvgIpc) is 3.38. The molecule has 0 radical (unpaired) electrons. The third kappa shape index (κ3) is 4.02. The van der Waals surface area contributed by atoms with Crippen molar-refractivity contribution in [3.05, 3.63) is 84.8 Å². The average molecular weight is 413 g/mol. The number of nitrogens with zero attached hydrogens (tertiary/aromatic N) is 4. The van der Waals surface area contributed by atoms with Gasteiger partial charge in [0.2, 0.25) is 0 Å². The van der Waals surface area contributed by atoms with E-state index >= 15 is 0 Å². The Labute approximate surface area is 168 Å². The number of nitrogens with one attached hydrogen (secondary N) is 1. The first-order valence-electron chi connectivity index (χ1n) is 8.73. The predicted molar refractivity (Wildman–Crippen MR) is 102 cm³/mol. The van der Waals surface area contributed by atoms with Gasteiger partial charge < -0.3 is 14.6 Å². The van der Waals surface area contributed by atoms with Crippen molar-refractivity contribution in [2.75, 3.05) is 5.32 Å². The van der Waals surface area contributed by atoms with Crippen molar-refractivity contribution in [1.82, 2.24) is 19.6 Å². The quantitative estimate of drug-likeness (QED) is 0.532. The van der Waals surface area contributed by atoms with Crippen LogP contribution in [0.2, 0.25) is 0 Å². The number of rotatable bonds is 5. The first kappa shape index (κ1) is 19.2. The number of hydrogen-bond acceptors (Lipinski definition) is 4. The van der Waals surface area contributed by atoms with Crippen molar-refractivity contribution in [2.24, 2.45) is 0 Å². The van der Waals surface area contributed by atoms with Gasteiger partial charge >= 0.3 is 6.36 Å². The van der Waals surface area contributed by atoms with Gasteiger partial charge in [0.1, 0.15) is 0 Å². The van der Waals surface area contributed by atoms with Gasteiger partial charge in [-0.1, -0.05) is 35.5 Å². The summed E-state index contributed by atoms with van der Waals surface area (Å²) in [6.07, 6.45) is -1.49. The minimum atomic E-state index is -4.90. The van der Waals surface area contributed by atoms with E-state index < -0.39 is 18.0 Å². The van der Waals surface area contributed by atoms with E-state index in [2.05, 4.69) is 20.4 Å². The number of benzene rings is 2. The molecular weight excluding hydrogens is 399 g/mol. The van der Waals surface area contributed by atoms with Crippen LogP contribution in [0.25, 0.3) is 11.5 Å². The van der Waals surface area contributed by atoms with Gasteiger partial charge in [0.05, 0.1) is 11.4 Å². The molecule has 0 fully saturated rings. The number of hydrogen-bond donors (Lipinski definition) is 1. The highest BCUT2D eigenvalue weighted by Gasteiger charge is 2.32. The summed E-state index contributed by atoms with van der Waals surface area (Å²) in [5.41, 5.74) is 0.443. The highest BCUT2D eigenvalue weighted by atomic mass is 19.4. The Balaban J connectivity index is 1.72. The SMILES string of the molecule is O=C(Nc1ccccc1OC(F)(F)F)c1nnn(-c2ccccc2)c1-n1cccc1. The molecule has 2 heterocycles. The summed E-state index contributed by atoms with van der Waals surface area (Å²) in [5.74, 6) is -0.937. The minimum Gasteiger partial charge on any atom is -0.404 e. The Kier molecular flexibility index (Phi) is 4.97. The summed E-state index contributed by atoms with van der Waals surface area (Å²) in [6, 6.07) is 17.8. The van der Waals surface area contributed by atoms with Crippen LogP contribution in [-0.4, -0.2) is 31.8 Å². The lowest BCUT2D eigenvalue weighted by Crippen LogP contribution is -2.20. The van der Waals surface area contributed by atoms with Crippen LogP contribution >= 0.6 is 0 Å². The van der Waals surface area contributed by atoms with Gasteiger partial charge in [0, 0.05) is 12.4 Å². The highest BCUT2D eigenvalue weighted by molar-refractivity contribution is 6.05. The summed E-state index contributed by atoms with van der Waals surface area (Å²) in [5, 5.41) is 10.4. The maximum absolute atomic E-state index is 12.9. The molecule has 0 saturated heterocycles. The van der Waals surface area contributed by atoms with E-state index in [4.69, 9.17) is 0 Å². The zero-order valence-corrected chi connectivity index (χ0v) is 15.2. The van der Waals surface area contributed by atoms with Crippen LogP contribution in [0.4, 0.5) is 18.9 Å². The molecule has 2 aromatic heterocycles. The molecule has 1 amide bonds. The summed E-state index contributed by atoms with van der Waals surface area (Å²) in [7, 11) is 0. The molecule has 4 aromatic rings. The van der Waals surface area contributed by atoms with Crippen LogP contribution in [0.3, 0.4) is 0 Å². The second kappa shape index (κ2) is 7.74. The smallest absolute Gasteiger partial charge is 0.404 e. The Morgan fingerprint density at radius 3 is 2.30 bits per heavy atom. The van der Waals surface area contributed by atoms with Crippen molar-refractivity contribution in [1.29, 1.82) is 0 Å². The lowest BCUT2D eigenvalue weighted by molar-refractivity contribution is -0.274. The molecule has 0 aliphatic carbocycles. The molecule has 2 aromatic carbocycles. The lowest BCUT2D eigenvalue weighted by Gasteiger charge is -2.14. The number of amides is 1. The Morgan fingerprint density at radius 2 is 1.60 bits per heavy atom.